The summed E-state index contributed by atoms with van der Waals surface area (Å²) in [5.41, 5.74) is 8.45. The Bertz CT molecular complexity index is 631. The van der Waals surface area contributed by atoms with E-state index in [9.17, 15) is 0 Å². The van der Waals surface area contributed by atoms with Gasteiger partial charge in [-0.15, -0.1) is 0 Å². The third-order valence-electron chi connectivity index (χ3n) is 2.86. The average molecular weight is 307 g/mol. The molecule has 2 rings (SSSR count). The lowest BCUT2D eigenvalue weighted by Crippen LogP contribution is -2.13. The van der Waals surface area contributed by atoms with Crippen molar-refractivity contribution in [2.24, 2.45) is 5.73 Å². The summed E-state index contributed by atoms with van der Waals surface area (Å²) < 4.78 is 5.22. The molecule has 0 atom stereocenters. The number of thiocarbonyl (C=S) groups is 1. The van der Waals surface area contributed by atoms with Gasteiger partial charge < -0.3 is 15.8 Å². The van der Waals surface area contributed by atoms with E-state index in [4.69, 9.17) is 34.3 Å². The Hall–Kier alpha value is -1.78. The number of nitrogens with one attached hydrogen (secondary N) is 1. The summed E-state index contributed by atoms with van der Waals surface area (Å²) in [7, 11) is 1.62. The molecule has 0 saturated carbocycles. The molecule has 0 radical (unpaired) electrons. The van der Waals surface area contributed by atoms with Crippen LogP contribution in [0.3, 0.4) is 0 Å². The molecule has 2 aromatic rings. The molecule has 0 bridgehead atoms. The molecule has 0 aliphatic rings. The average Bonchev–Trinajstić information content (AvgIpc) is 2.44. The molecule has 0 saturated heterocycles. The maximum absolute atomic E-state index is 5.97. The lowest BCUT2D eigenvalue weighted by Gasteiger charge is -2.13. The molecular weight excluding hydrogens is 292 g/mol. The SMILES string of the molecule is COc1ccc(C(N)=S)c(NCc2cccc(Cl)c2)c1. The summed E-state index contributed by atoms with van der Waals surface area (Å²) in [6.07, 6.45) is 0. The van der Waals surface area contributed by atoms with Gasteiger partial charge in [0, 0.05) is 28.9 Å². The Labute approximate surface area is 128 Å². The fraction of sp³-hybridized carbons (Fsp3) is 0.133. The zero-order valence-corrected chi connectivity index (χ0v) is 12.6. The van der Waals surface area contributed by atoms with Gasteiger partial charge in [0.2, 0.25) is 0 Å². The van der Waals surface area contributed by atoms with E-state index in [0.29, 0.717) is 16.6 Å². The molecule has 2 aromatic carbocycles. The van der Waals surface area contributed by atoms with Crippen LogP contribution < -0.4 is 15.8 Å². The first kappa shape index (κ1) is 14.6. The molecule has 0 heterocycles. The molecule has 0 fully saturated rings. The van der Waals surface area contributed by atoms with Crippen molar-refractivity contribution in [3.05, 3.63) is 58.6 Å². The van der Waals surface area contributed by atoms with Gasteiger partial charge in [-0.05, 0) is 29.8 Å². The number of hydrogen-bond acceptors (Lipinski definition) is 3. The van der Waals surface area contributed by atoms with Crippen molar-refractivity contribution < 1.29 is 4.74 Å². The number of halogens is 1. The number of hydrogen-bond donors (Lipinski definition) is 2. The standard InChI is InChI=1S/C15H15ClN2OS/c1-19-12-5-6-13(15(17)20)14(8-12)18-9-10-3-2-4-11(16)7-10/h2-8,18H,9H2,1H3,(H2,17,20). The number of rotatable bonds is 5. The minimum atomic E-state index is 0.348. The largest absolute Gasteiger partial charge is 0.497 e. The molecule has 0 aliphatic carbocycles. The van der Waals surface area contributed by atoms with Crippen LogP contribution in [0.2, 0.25) is 5.02 Å². The van der Waals surface area contributed by atoms with Crippen LogP contribution in [-0.2, 0) is 6.54 Å². The van der Waals surface area contributed by atoms with Gasteiger partial charge in [0.05, 0.1) is 7.11 Å². The minimum Gasteiger partial charge on any atom is -0.497 e. The minimum absolute atomic E-state index is 0.348. The van der Waals surface area contributed by atoms with Gasteiger partial charge in [0.25, 0.3) is 0 Å². The second-order valence-corrected chi connectivity index (χ2v) is 5.14. The van der Waals surface area contributed by atoms with Crippen LogP contribution in [0.4, 0.5) is 5.69 Å². The highest BCUT2D eigenvalue weighted by molar-refractivity contribution is 7.80. The van der Waals surface area contributed by atoms with Crippen molar-refractivity contribution in [1.82, 2.24) is 0 Å². The van der Waals surface area contributed by atoms with Crippen LogP contribution in [-0.4, -0.2) is 12.1 Å². The first-order valence-corrected chi connectivity index (χ1v) is 6.85. The lowest BCUT2D eigenvalue weighted by molar-refractivity contribution is 0.415. The van der Waals surface area contributed by atoms with E-state index in [-0.39, 0.29) is 0 Å². The van der Waals surface area contributed by atoms with Crippen molar-refractivity contribution in [1.29, 1.82) is 0 Å². The molecule has 20 heavy (non-hydrogen) atoms. The smallest absolute Gasteiger partial charge is 0.120 e. The van der Waals surface area contributed by atoms with Crippen molar-refractivity contribution in [2.45, 2.75) is 6.54 Å². The normalized spacial score (nSPS) is 10.1. The molecule has 0 aliphatic heterocycles. The molecular formula is C15H15ClN2OS. The summed E-state index contributed by atoms with van der Waals surface area (Å²) in [6.45, 7) is 0.628. The molecule has 3 N–H and O–H groups in total. The van der Waals surface area contributed by atoms with Gasteiger partial charge in [0.15, 0.2) is 0 Å². The van der Waals surface area contributed by atoms with Crippen LogP contribution in [0.5, 0.6) is 5.75 Å². The Balaban J connectivity index is 2.21. The van der Waals surface area contributed by atoms with E-state index >= 15 is 0 Å². The van der Waals surface area contributed by atoms with E-state index in [2.05, 4.69) is 5.32 Å². The van der Waals surface area contributed by atoms with E-state index in [1.807, 2.05) is 42.5 Å². The maximum Gasteiger partial charge on any atom is 0.120 e. The van der Waals surface area contributed by atoms with Crippen molar-refractivity contribution in [2.75, 3.05) is 12.4 Å². The van der Waals surface area contributed by atoms with Crippen molar-refractivity contribution in [3.8, 4) is 5.75 Å². The topological polar surface area (TPSA) is 47.3 Å². The summed E-state index contributed by atoms with van der Waals surface area (Å²) in [4.78, 5) is 0.348. The summed E-state index contributed by atoms with van der Waals surface area (Å²) in [6, 6.07) is 13.2. The highest BCUT2D eigenvalue weighted by atomic mass is 35.5. The predicted molar refractivity (Wildman–Crippen MR) is 87.7 cm³/mol. The summed E-state index contributed by atoms with van der Waals surface area (Å²) in [5.74, 6) is 0.749. The van der Waals surface area contributed by atoms with Crippen molar-refractivity contribution >= 4 is 34.5 Å². The highest BCUT2D eigenvalue weighted by Gasteiger charge is 2.07. The monoisotopic (exact) mass is 306 g/mol. The van der Waals surface area contributed by atoms with Gasteiger partial charge in [-0.25, -0.2) is 0 Å². The van der Waals surface area contributed by atoms with E-state index in [1.165, 1.54) is 0 Å². The van der Waals surface area contributed by atoms with E-state index in [0.717, 1.165) is 22.6 Å². The lowest BCUT2D eigenvalue weighted by atomic mass is 10.1. The third-order valence-corrected chi connectivity index (χ3v) is 3.32. The van der Waals surface area contributed by atoms with Crippen LogP contribution >= 0.6 is 23.8 Å². The molecule has 0 spiro atoms. The Morgan fingerprint density at radius 2 is 2.10 bits per heavy atom. The number of methoxy groups -OCH3 is 1. The van der Waals surface area contributed by atoms with E-state index in [1.54, 1.807) is 7.11 Å². The first-order chi connectivity index (χ1) is 9.60. The van der Waals surface area contributed by atoms with Crippen LogP contribution in [0.1, 0.15) is 11.1 Å². The number of benzene rings is 2. The zero-order chi connectivity index (χ0) is 14.5. The van der Waals surface area contributed by atoms with Gasteiger partial charge in [-0.1, -0.05) is 36.0 Å². The molecule has 0 aromatic heterocycles. The fourth-order valence-electron chi connectivity index (χ4n) is 1.86. The Morgan fingerprint density at radius 1 is 1.30 bits per heavy atom. The molecule has 0 amide bonds. The fourth-order valence-corrected chi connectivity index (χ4v) is 2.25. The van der Waals surface area contributed by atoms with Gasteiger partial charge >= 0.3 is 0 Å². The molecule has 3 nitrogen and oxygen atoms in total. The summed E-state index contributed by atoms with van der Waals surface area (Å²) in [5, 5.41) is 4.02. The maximum atomic E-state index is 5.97. The van der Waals surface area contributed by atoms with Crippen LogP contribution in [0, 0.1) is 0 Å². The molecule has 104 valence electrons. The van der Waals surface area contributed by atoms with Gasteiger partial charge in [0.1, 0.15) is 10.7 Å². The van der Waals surface area contributed by atoms with Crippen molar-refractivity contribution in [3.63, 3.8) is 0 Å². The Kier molecular flexibility index (Phi) is 4.82. The number of nitrogens with two attached hydrogens (primary N) is 1. The third kappa shape index (κ3) is 3.62. The number of anilines is 1. The second-order valence-electron chi connectivity index (χ2n) is 4.26. The van der Waals surface area contributed by atoms with Crippen LogP contribution in [0.15, 0.2) is 42.5 Å². The molecule has 0 unspecified atom stereocenters. The van der Waals surface area contributed by atoms with Crippen LogP contribution in [0.25, 0.3) is 0 Å². The molecule has 5 heteroatoms. The number of ether oxygens (including phenoxy) is 1. The first-order valence-electron chi connectivity index (χ1n) is 6.06. The zero-order valence-electron chi connectivity index (χ0n) is 11.0. The summed E-state index contributed by atoms with van der Waals surface area (Å²) >= 11 is 11.0. The van der Waals surface area contributed by atoms with E-state index < -0.39 is 0 Å². The highest BCUT2D eigenvalue weighted by Crippen LogP contribution is 2.23. The van der Waals surface area contributed by atoms with Gasteiger partial charge in [-0.3, -0.25) is 0 Å². The Morgan fingerprint density at radius 3 is 2.75 bits per heavy atom. The quantitative estimate of drug-likeness (QED) is 0.829. The second kappa shape index (κ2) is 6.59. The predicted octanol–water partition coefficient (Wildman–Crippen LogP) is 3.59. The van der Waals surface area contributed by atoms with Gasteiger partial charge in [-0.2, -0.15) is 0 Å².